The van der Waals surface area contributed by atoms with Crippen molar-refractivity contribution < 1.29 is 9.18 Å². The van der Waals surface area contributed by atoms with Crippen molar-refractivity contribution >= 4 is 23.5 Å². The third-order valence-electron chi connectivity index (χ3n) is 2.31. The molecule has 2 aromatic rings. The Hall–Kier alpha value is -2.00. The molecule has 0 spiro atoms. The van der Waals surface area contributed by atoms with E-state index in [2.05, 4.69) is 4.98 Å². The molecule has 2 rings (SSSR count). The summed E-state index contributed by atoms with van der Waals surface area (Å²) < 4.78 is 12.8. The summed E-state index contributed by atoms with van der Waals surface area (Å²) in [7, 11) is 0. The number of hydrogen-bond donors (Lipinski definition) is 0. The van der Waals surface area contributed by atoms with Crippen LogP contribution in [0.4, 0.5) is 4.39 Å². The minimum absolute atomic E-state index is 0.107. The molecule has 4 heteroatoms. The van der Waals surface area contributed by atoms with E-state index < -0.39 is 5.82 Å². The fraction of sp³-hybridized carbons (Fsp3) is 0. The van der Waals surface area contributed by atoms with Crippen molar-refractivity contribution in [2.45, 2.75) is 0 Å². The third-order valence-corrected chi connectivity index (χ3v) is 2.62. The lowest BCUT2D eigenvalue weighted by atomic mass is 10.1. The Morgan fingerprint density at radius 2 is 2.17 bits per heavy atom. The van der Waals surface area contributed by atoms with Crippen LogP contribution in [0.15, 0.2) is 48.8 Å². The predicted octanol–water partition coefficient (Wildman–Crippen LogP) is 3.77. The number of carbonyl (C=O) groups is 1. The number of ketones is 1. The lowest BCUT2D eigenvalue weighted by molar-refractivity contribution is 0.104. The number of carbonyl (C=O) groups excluding carboxylic acids is 1. The van der Waals surface area contributed by atoms with Crippen molar-refractivity contribution in [1.82, 2.24) is 4.98 Å². The van der Waals surface area contributed by atoms with Gasteiger partial charge in [-0.2, -0.15) is 0 Å². The van der Waals surface area contributed by atoms with Crippen molar-refractivity contribution in [3.05, 3.63) is 70.8 Å². The van der Waals surface area contributed by atoms with E-state index in [0.717, 1.165) is 11.6 Å². The highest BCUT2D eigenvalue weighted by atomic mass is 35.5. The summed E-state index contributed by atoms with van der Waals surface area (Å²) >= 11 is 5.80. The predicted molar refractivity (Wildman–Crippen MR) is 69.0 cm³/mol. The van der Waals surface area contributed by atoms with E-state index >= 15 is 0 Å². The molecule has 0 radical (unpaired) electrons. The molecule has 1 heterocycles. The van der Waals surface area contributed by atoms with Crippen LogP contribution in [0.25, 0.3) is 6.08 Å². The lowest BCUT2D eigenvalue weighted by Crippen LogP contribution is -1.95. The zero-order chi connectivity index (χ0) is 13.0. The summed E-state index contributed by atoms with van der Waals surface area (Å²) in [5.74, 6) is -0.739. The summed E-state index contributed by atoms with van der Waals surface area (Å²) in [6.45, 7) is 0. The second-order valence-electron chi connectivity index (χ2n) is 3.61. The van der Waals surface area contributed by atoms with Crippen molar-refractivity contribution in [2.75, 3.05) is 0 Å². The van der Waals surface area contributed by atoms with Crippen LogP contribution >= 0.6 is 11.6 Å². The highest BCUT2D eigenvalue weighted by molar-refractivity contribution is 6.34. The van der Waals surface area contributed by atoms with Crippen molar-refractivity contribution in [2.24, 2.45) is 0 Å². The average Bonchev–Trinajstić information content (AvgIpc) is 2.37. The largest absolute Gasteiger partial charge is 0.289 e. The fourth-order valence-electron chi connectivity index (χ4n) is 1.43. The second kappa shape index (κ2) is 5.56. The fourth-order valence-corrected chi connectivity index (χ4v) is 1.69. The van der Waals surface area contributed by atoms with Gasteiger partial charge in [0.15, 0.2) is 5.78 Å². The van der Waals surface area contributed by atoms with E-state index in [1.807, 2.05) is 6.07 Å². The molecule has 2 nitrogen and oxygen atoms in total. The van der Waals surface area contributed by atoms with Crippen molar-refractivity contribution in [3.8, 4) is 0 Å². The van der Waals surface area contributed by atoms with Crippen LogP contribution in [0, 0.1) is 5.82 Å². The normalized spacial score (nSPS) is 10.8. The minimum Gasteiger partial charge on any atom is -0.289 e. The first-order valence-corrected chi connectivity index (χ1v) is 5.62. The highest BCUT2D eigenvalue weighted by Gasteiger charge is 2.07. The summed E-state index contributed by atoms with van der Waals surface area (Å²) in [4.78, 5) is 15.8. The maximum atomic E-state index is 12.8. The molecule has 1 aromatic carbocycles. The SMILES string of the molecule is O=C(/C=C/c1cccnc1)c1ccc(F)cc1Cl. The number of halogens is 2. The highest BCUT2D eigenvalue weighted by Crippen LogP contribution is 2.18. The van der Waals surface area contributed by atoms with E-state index in [4.69, 9.17) is 11.6 Å². The Bertz CT molecular complexity index is 596. The van der Waals surface area contributed by atoms with Crippen LogP contribution in [0.2, 0.25) is 5.02 Å². The topological polar surface area (TPSA) is 30.0 Å². The van der Waals surface area contributed by atoms with Gasteiger partial charge >= 0.3 is 0 Å². The molecule has 0 atom stereocenters. The Morgan fingerprint density at radius 3 is 2.83 bits per heavy atom. The van der Waals surface area contributed by atoms with Gasteiger partial charge in [-0.05, 0) is 42.0 Å². The van der Waals surface area contributed by atoms with Crippen LogP contribution in [0.5, 0.6) is 0 Å². The molecule has 0 unspecified atom stereocenters. The van der Waals surface area contributed by atoms with Crippen LogP contribution in [-0.4, -0.2) is 10.8 Å². The van der Waals surface area contributed by atoms with Gasteiger partial charge in [0, 0.05) is 18.0 Å². The van der Waals surface area contributed by atoms with Gasteiger partial charge < -0.3 is 0 Å². The van der Waals surface area contributed by atoms with Gasteiger partial charge in [0.1, 0.15) is 5.82 Å². The molecular formula is C14H9ClFNO. The Kier molecular flexibility index (Phi) is 3.85. The Labute approximate surface area is 109 Å². The molecule has 0 aliphatic rings. The molecular weight excluding hydrogens is 253 g/mol. The van der Waals surface area contributed by atoms with Gasteiger partial charge in [-0.3, -0.25) is 9.78 Å². The molecule has 1 aromatic heterocycles. The zero-order valence-electron chi connectivity index (χ0n) is 9.31. The first-order chi connectivity index (χ1) is 8.66. The Balaban J connectivity index is 2.20. The number of allylic oxidation sites excluding steroid dienone is 1. The smallest absolute Gasteiger partial charge is 0.187 e. The van der Waals surface area contributed by atoms with Crippen LogP contribution in [0.3, 0.4) is 0 Å². The van der Waals surface area contributed by atoms with Gasteiger partial charge in [0.2, 0.25) is 0 Å². The summed E-state index contributed by atoms with van der Waals surface area (Å²) in [6, 6.07) is 7.29. The number of pyridine rings is 1. The minimum atomic E-state index is -0.465. The zero-order valence-corrected chi connectivity index (χ0v) is 10.1. The monoisotopic (exact) mass is 261 g/mol. The maximum absolute atomic E-state index is 12.8. The number of nitrogens with zero attached hydrogens (tertiary/aromatic N) is 1. The second-order valence-corrected chi connectivity index (χ2v) is 4.02. The van der Waals surface area contributed by atoms with Crippen molar-refractivity contribution in [3.63, 3.8) is 0 Å². The average molecular weight is 262 g/mol. The van der Waals surface area contributed by atoms with Gasteiger partial charge in [-0.25, -0.2) is 4.39 Å². The van der Waals surface area contributed by atoms with E-state index in [-0.39, 0.29) is 16.4 Å². The quantitative estimate of drug-likeness (QED) is 0.622. The molecule has 0 N–H and O–H groups in total. The molecule has 0 aliphatic heterocycles. The van der Waals surface area contributed by atoms with Gasteiger partial charge in [0.25, 0.3) is 0 Å². The molecule has 90 valence electrons. The standard InChI is InChI=1S/C14H9ClFNO/c15-13-8-11(16)4-5-12(13)14(18)6-3-10-2-1-7-17-9-10/h1-9H/b6-3+. The first kappa shape index (κ1) is 12.5. The molecule has 0 bridgehead atoms. The molecule has 18 heavy (non-hydrogen) atoms. The van der Waals surface area contributed by atoms with Crippen molar-refractivity contribution in [1.29, 1.82) is 0 Å². The van der Waals surface area contributed by atoms with Crippen LogP contribution < -0.4 is 0 Å². The number of rotatable bonds is 3. The van der Waals surface area contributed by atoms with Crippen LogP contribution in [0.1, 0.15) is 15.9 Å². The molecule has 0 saturated heterocycles. The summed E-state index contributed by atoms with van der Waals surface area (Å²) in [6.07, 6.45) is 6.30. The van der Waals surface area contributed by atoms with Crippen LogP contribution in [-0.2, 0) is 0 Å². The molecule has 0 fully saturated rings. The Morgan fingerprint density at radius 1 is 1.33 bits per heavy atom. The molecule has 0 amide bonds. The van der Waals surface area contributed by atoms with Gasteiger partial charge in [-0.15, -0.1) is 0 Å². The molecule has 0 saturated carbocycles. The van der Waals surface area contributed by atoms with E-state index in [0.29, 0.717) is 0 Å². The number of benzene rings is 1. The summed E-state index contributed by atoms with van der Waals surface area (Å²) in [5, 5.41) is 0.107. The van der Waals surface area contributed by atoms with E-state index in [1.165, 1.54) is 18.2 Å². The van der Waals surface area contributed by atoms with E-state index in [9.17, 15) is 9.18 Å². The number of hydrogen-bond acceptors (Lipinski definition) is 2. The number of aromatic nitrogens is 1. The molecule has 0 aliphatic carbocycles. The third kappa shape index (κ3) is 3.02. The van der Waals surface area contributed by atoms with Gasteiger partial charge in [0.05, 0.1) is 5.02 Å². The maximum Gasteiger partial charge on any atom is 0.187 e. The van der Waals surface area contributed by atoms with E-state index in [1.54, 1.807) is 24.5 Å². The first-order valence-electron chi connectivity index (χ1n) is 5.24. The summed E-state index contributed by atoms with van der Waals surface area (Å²) in [5.41, 5.74) is 1.09. The van der Waals surface area contributed by atoms with Gasteiger partial charge in [-0.1, -0.05) is 17.7 Å². The lowest BCUT2D eigenvalue weighted by Gasteiger charge is -1.99.